The molecular weight excluding hydrogens is 234 g/mol. The van der Waals surface area contributed by atoms with Gasteiger partial charge >= 0.3 is 0 Å². The molecule has 3 nitrogen and oxygen atoms in total. The van der Waals surface area contributed by atoms with Gasteiger partial charge in [0.1, 0.15) is 0 Å². The van der Waals surface area contributed by atoms with E-state index in [2.05, 4.69) is 48.2 Å². The Balaban J connectivity index is 2.39. The van der Waals surface area contributed by atoms with E-state index in [1.165, 1.54) is 16.6 Å². The normalized spacial score (nSPS) is 10.9. The van der Waals surface area contributed by atoms with Crippen LogP contribution in [0.15, 0.2) is 24.3 Å². The average Bonchev–Trinajstić information content (AvgIpc) is 2.38. The van der Waals surface area contributed by atoms with Gasteiger partial charge in [0, 0.05) is 30.9 Å². The summed E-state index contributed by atoms with van der Waals surface area (Å²) in [5, 5.41) is 1.24. The van der Waals surface area contributed by atoms with E-state index in [1.54, 1.807) is 0 Å². The summed E-state index contributed by atoms with van der Waals surface area (Å²) in [7, 11) is 4.16. The highest BCUT2D eigenvalue weighted by Gasteiger charge is 2.06. The predicted octanol–water partition coefficient (Wildman–Crippen LogP) is 2.89. The van der Waals surface area contributed by atoms with Crippen LogP contribution in [0.4, 0.5) is 5.69 Å². The molecule has 1 aromatic heterocycles. The lowest BCUT2D eigenvalue weighted by Gasteiger charge is -2.16. The van der Waals surface area contributed by atoms with Gasteiger partial charge in [-0.1, -0.05) is 6.07 Å². The molecule has 1 heterocycles. The molecule has 2 rings (SSSR count). The first-order chi connectivity index (χ1) is 9.11. The number of rotatable bonds is 5. The summed E-state index contributed by atoms with van der Waals surface area (Å²) in [5.41, 5.74) is 10.3. The summed E-state index contributed by atoms with van der Waals surface area (Å²) in [4.78, 5) is 6.76. The fourth-order valence-electron chi connectivity index (χ4n) is 2.38. The van der Waals surface area contributed by atoms with Crippen LogP contribution in [0.3, 0.4) is 0 Å². The fourth-order valence-corrected chi connectivity index (χ4v) is 2.38. The summed E-state index contributed by atoms with van der Waals surface area (Å²) in [6.07, 6.45) is 3.33. The minimum Gasteiger partial charge on any atom is -0.377 e. The van der Waals surface area contributed by atoms with E-state index < -0.39 is 0 Å². The van der Waals surface area contributed by atoms with E-state index >= 15 is 0 Å². The quantitative estimate of drug-likeness (QED) is 0.837. The van der Waals surface area contributed by atoms with Gasteiger partial charge in [-0.15, -0.1) is 0 Å². The molecule has 0 aliphatic rings. The lowest BCUT2D eigenvalue weighted by molar-refractivity contribution is 0.745. The van der Waals surface area contributed by atoms with Crippen molar-refractivity contribution in [2.45, 2.75) is 26.2 Å². The first-order valence-corrected chi connectivity index (χ1v) is 6.89. The molecule has 0 saturated heterocycles. The van der Waals surface area contributed by atoms with Gasteiger partial charge in [0.15, 0.2) is 0 Å². The van der Waals surface area contributed by atoms with Crippen LogP contribution in [0.2, 0.25) is 0 Å². The second-order valence-corrected chi connectivity index (χ2v) is 5.27. The molecule has 0 saturated carbocycles. The van der Waals surface area contributed by atoms with E-state index in [4.69, 9.17) is 5.73 Å². The molecule has 0 unspecified atom stereocenters. The van der Waals surface area contributed by atoms with Crippen LogP contribution in [-0.2, 0) is 6.42 Å². The highest BCUT2D eigenvalue weighted by atomic mass is 15.1. The van der Waals surface area contributed by atoms with Crippen LogP contribution < -0.4 is 10.6 Å². The lowest BCUT2D eigenvalue weighted by Crippen LogP contribution is -2.10. The van der Waals surface area contributed by atoms with E-state index in [1.807, 2.05) is 6.92 Å². The molecule has 3 heteroatoms. The first kappa shape index (κ1) is 13.8. The molecule has 2 aromatic rings. The standard InChI is InChI=1S/C16H23N3/c1-12-10-16(19(2)3)14-11-13(6-4-5-9-17)7-8-15(14)18-12/h7-8,10-11H,4-6,9,17H2,1-3H3. The molecule has 0 atom stereocenters. The maximum atomic E-state index is 5.55. The van der Waals surface area contributed by atoms with Crippen LogP contribution in [0, 0.1) is 6.92 Å². The van der Waals surface area contributed by atoms with E-state index in [-0.39, 0.29) is 0 Å². The Morgan fingerprint density at radius 1 is 1.16 bits per heavy atom. The molecule has 102 valence electrons. The van der Waals surface area contributed by atoms with Crippen molar-refractivity contribution in [3.05, 3.63) is 35.5 Å². The number of nitrogens with two attached hydrogens (primary N) is 1. The molecular formula is C16H23N3. The summed E-state index contributed by atoms with van der Waals surface area (Å²) in [5.74, 6) is 0. The second kappa shape index (κ2) is 6.02. The predicted molar refractivity (Wildman–Crippen MR) is 82.8 cm³/mol. The molecule has 0 radical (unpaired) electrons. The molecule has 2 N–H and O–H groups in total. The number of anilines is 1. The Labute approximate surface area is 115 Å². The van der Waals surface area contributed by atoms with E-state index in [9.17, 15) is 0 Å². The topological polar surface area (TPSA) is 42.1 Å². The highest BCUT2D eigenvalue weighted by molar-refractivity contribution is 5.92. The Bertz CT molecular complexity index is 561. The number of nitrogens with zero attached hydrogens (tertiary/aromatic N) is 2. The molecule has 0 aliphatic heterocycles. The zero-order valence-electron chi connectivity index (χ0n) is 12.1. The summed E-state index contributed by atoms with van der Waals surface area (Å²) < 4.78 is 0. The summed E-state index contributed by atoms with van der Waals surface area (Å²) >= 11 is 0. The molecule has 0 aliphatic carbocycles. The number of aromatic nitrogens is 1. The van der Waals surface area contributed by atoms with Gasteiger partial charge in [0.05, 0.1) is 5.52 Å². The van der Waals surface area contributed by atoms with Crippen molar-refractivity contribution in [2.24, 2.45) is 5.73 Å². The smallest absolute Gasteiger partial charge is 0.0726 e. The first-order valence-electron chi connectivity index (χ1n) is 6.89. The van der Waals surface area contributed by atoms with Crippen molar-refractivity contribution in [1.82, 2.24) is 4.98 Å². The second-order valence-electron chi connectivity index (χ2n) is 5.27. The van der Waals surface area contributed by atoms with Crippen LogP contribution >= 0.6 is 0 Å². The average molecular weight is 257 g/mol. The summed E-state index contributed by atoms with van der Waals surface area (Å²) in [6, 6.07) is 8.73. The molecule has 0 spiro atoms. The number of hydrogen-bond acceptors (Lipinski definition) is 3. The van der Waals surface area contributed by atoms with Crippen molar-refractivity contribution < 1.29 is 0 Å². The van der Waals surface area contributed by atoms with Gasteiger partial charge < -0.3 is 10.6 Å². The Morgan fingerprint density at radius 3 is 2.63 bits per heavy atom. The van der Waals surface area contributed by atoms with Crippen molar-refractivity contribution in [3.63, 3.8) is 0 Å². The third-order valence-electron chi connectivity index (χ3n) is 3.38. The van der Waals surface area contributed by atoms with E-state index in [0.29, 0.717) is 0 Å². The number of unbranched alkanes of at least 4 members (excludes halogenated alkanes) is 1. The maximum absolute atomic E-state index is 5.55. The minimum absolute atomic E-state index is 0.775. The lowest BCUT2D eigenvalue weighted by atomic mass is 10.0. The zero-order chi connectivity index (χ0) is 13.8. The van der Waals surface area contributed by atoms with Gasteiger partial charge in [0.2, 0.25) is 0 Å². The van der Waals surface area contributed by atoms with Gasteiger partial charge in [0.25, 0.3) is 0 Å². The number of pyridine rings is 1. The molecule has 0 fully saturated rings. The third-order valence-corrected chi connectivity index (χ3v) is 3.38. The van der Waals surface area contributed by atoms with Gasteiger partial charge in [-0.05, 0) is 56.5 Å². The maximum Gasteiger partial charge on any atom is 0.0726 e. The molecule has 0 bridgehead atoms. The van der Waals surface area contributed by atoms with Gasteiger partial charge in [-0.3, -0.25) is 4.98 Å². The largest absolute Gasteiger partial charge is 0.377 e. The summed E-state index contributed by atoms with van der Waals surface area (Å²) in [6.45, 7) is 2.82. The highest BCUT2D eigenvalue weighted by Crippen LogP contribution is 2.26. The van der Waals surface area contributed by atoms with Crippen molar-refractivity contribution in [3.8, 4) is 0 Å². The minimum atomic E-state index is 0.775. The van der Waals surface area contributed by atoms with Crippen molar-refractivity contribution in [1.29, 1.82) is 0 Å². The van der Waals surface area contributed by atoms with Crippen molar-refractivity contribution >= 4 is 16.6 Å². The molecule has 19 heavy (non-hydrogen) atoms. The van der Waals surface area contributed by atoms with Crippen LogP contribution in [0.25, 0.3) is 10.9 Å². The number of fused-ring (bicyclic) bond motifs is 1. The number of hydrogen-bond donors (Lipinski definition) is 1. The number of aryl methyl sites for hydroxylation is 2. The van der Waals surface area contributed by atoms with Gasteiger partial charge in [-0.2, -0.15) is 0 Å². The molecule has 0 amide bonds. The SMILES string of the molecule is Cc1cc(N(C)C)c2cc(CCCCN)ccc2n1. The zero-order valence-corrected chi connectivity index (χ0v) is 12.1. The van der Waals surface area contributed by atoms with Crippen LogP contribution in [0.1, 0.15) is 24.1 Å². The number of benzene rings is 1. The van der Waals surface area contributed by atoms with Crippen LogP contribution in [0.5, 0.6) is 0 Å². The third kappa shape index (κ3) is 3.24. The Kier molecular flexibility index (Phi) is 4.38. The monoisotopic (exact) mass is 257 g/mol. The van der Waals surface area contributed by atoms with Crippen LogP contribution in [-0.4, -0.2) is 25.6 Å². The Morgan fingerprint density at radius 2 is 1.95 bits per heavy atom. The van der Waals surface area contributed by atoms with E-state index in [0.717, 1.165) is 37.0 Å². The van der Waals surface area contributed by atoms with Gasteiger partial charge in [-0.25, -0.2) is 0 Å². The van der Waals surface area contributed by atoms with Crippen molar-refractivity contribution in [2.75, 3.05) is 25.5 Å². The fraction of sp³-hybridized carbons (Fsp3) is 0.438. The molecule has 1 aromatic carbocycles. The Hall–Kier alpha value is -1.61.